The molecule has 1 aromatic heterocycles. The zero-order chi connectivity index (χ0) is 13.0. The number of hydrogen-bond donors (Lipinski definition) is 2. The summed E-state index contributed by atoms with van der Waals surface area (Å²) in [5, 5.41) is 14.0. The summed E-state index contributed by atoms with van der Waals surface area (Å²) >= 11 is 0. The average molecular weight is 240 g/mol. The number of aromatic nitrogens is 1. The molecule has 0 bridgehead atoms. The molecule has 2 N–H and O–H groups in total. The Morgan fingerprint density at radius 2 is 2.28 bits per heavy atom. The minimum atomic E-state index is 0.221. The molecule has 18 heavy (non-hydrogen) atoms. The second-order valence-electron chi connectivity index (χ2n) is 4.33. The van der Waals surface area contributed by atoms with Crippen LogP contribution >= 0.6 is 0 Å². The van der Waals surface area contributed by atoms with E-state index in [2.05, 4.69) is 23.1 Å². The molecule has 3 nitrogen and oxygen atoms in total. The molecule has 3 heteroatoms. The fourth-order valence-electron chi connectivity index (χ4n) is 2.03. The average Bonchev–Trinajstić information content (AvgIpc) is 2.40. The summed E-state index contributed by atoms with van der Waals surface area (Å²) in [5.41, 5.74) is 1.81. The minimum Gasteiger partial charge on any atom is -0.506 e. The highest BCUT2D eigenvalue weighted by Gasteiger charge is 2.08. The number of fused-ring (bicyclic) bond motifs is 1. The van der Waals surface area contributed by atoms with Crippen LogP contribution < -0.4 is 5.32 Å². The van der Waals surface area contributed by atoms with Gasteiger partial charge in [-0.1, -0.05) is 18.1 Å². The lowest BCUT2D eigenvalue weighted by Crippen LogP contribution is -2.28. The third-order valence-electron chi connectivity index (χ3n) is 2.92. The first-order valence-corrected chi connectivity index (χ1v) is 5.95. The van der Waals surface area contributed by atoms with Gasteiger partial charge in [0.05, 0.1) is 6.54 Å². The van der Waals surface area contributed by atoms with E-state index in [0.717, 1.165) is 17.4 Å². The molecular formula is C15H16N2O. The van der Waals surface area contributed by atoms with Gasteiger partial charge in [0.1, 0.15) is 11.3 Å². The Morgan fingerprint density at radius 3 is 3.06 bits per heavy atom. The zero-order valence-electron chi connectivity index (χ0n) is 10.4. The molecule has 0 saturated heterocycles. The summed E-state index contributed by atoms with van der Waals surface area (Å²) in [6.07, 6.45) is 7.76. The highest BCUT2D eigenvalue weighted by Crippen LogP contribution is 2.26. The van der Waals surface area contributed by atoms with E-state index < -0.39 is 0 Å². The van der Waals surface area contributed by atoms with Crippen molar-refractivity contribution in [2.75, 3.05) is 6.54 Å². The van der Waals surface area contributed by atoms with E-state index in [1.807, 2.05) is 18.2 Å². The number of phenols is 1. The van der Waals surface area contributed by atoms with Gasteiger partial charge in [-0.25, -0.2) is 0 Å². The summed E-state index contributed by atoms with van der Waals surface area (Å²) in [6, 6.07) is 7.77. The Bertz CT molecular complexity index is 587. The van der Waals surface area contributed by atoms with E-state index in [-0.39, 0.29) is 11.8 Å². The summed E-state index contributed by atoms with van der Waals surface area (Å²) in [7, 11) is 0. The van der Waals surface area contributed by atoms with Crippen LogP contribution in [0.2, 0.25) is 0 Å². The van der Waals surface area contributed by atoms with Gasteiger partial charge in [-0.15, -0.1) is 6.42 Å². The third-order valence-corrected chi connectivity index (χ3v) is 2.92. The van der Waals surface area contributed by atoms with Crippen LogP contribution in [0, 0.1) is 12.3 Å². The number of pyridine rings is 1. The number of nitrogens with one attached hydrogen (secondary N) is 1. The molecule has 0 aliphatic rings. The van der Waals surface area contributed by atoms with Crippen LogP contribution in [-0.4, -0.2) is 22.7 Å². The Balaban J connectivity index is 2.29. The molecule has 0 fully saturated rings. The minimum absolute atomic E-state index is 0.221. The third kappa shape index (κ3) is 2.61. The molecule has 0 aliphatic heterocycles. The highest BCUT2D eigenvalue weighted by atomic mass is 16.3. The predicted molar refractivity (Wildman–Crippen MR) is 73.4 cm³/mol. The van der Waals surface area contributed by atoms with Crippen LogP contribution in [0.25, 0.3) is 10.9 Å². The molecule has 92 valence electrons. The van der Waals surface area contributed by atoms with Crippen molar-refractivity contribution < 1.29 is 5.11 Å². The fourth-order valence-corrected chi connectivity index (χ4v) is 2.03. The number of terminal acetylenes is 1. The van der Waals surface area contributed by atoms with Crippen LogP contribution in [0.4, 0.5) is 0 Å². The SMILES string of the molecule is C#CCNC(C)Cc1ccc(O)c2ncccc12. The Hall–Kier alpha value is -2.05. The van der Waals surface area contributed by atoms with E-state index in [1.165, 1.54) is 0 Å². The van der Waals surface area contributed by atoms with Gasteiger partial charge in [0.2, 0.25) is 0 Å². The van der Waals surface area contributed by atoms with Crippen LogP contribution in [0.1, 0.15) is 12.5 Å². The number of phenolic OH excluding ortho intramolecular Hbond substituents is 1. The first-order valence-electron chi connectivity index (χ1n) is 5.95. The molecule has 1 atom stereocenters. The molecule has 2 rings (SSSR count). The standard InChI is InChI=1S/C15H16N2O/c1-3-8-16-11(2)10-12-6-7-14(18)15-13(12)5-4-9-17-15/h1,4-7,9,11,16,18H,8,10H2,2H3. The zero-order valence-corrected chi connectivity index (χ0v) is 10.4. The fraction of sp³-hybridized carbons (Fsp3) is 0.267. The predicted octanol–water partition coefficient (Wildman–Crippen LogP) is 2.09. The van der Waals surface area contributed by atoms with E-state index >= 15 is 0 Å². The van der Waals surface area contributed by atoms with Gasteiger partial charge in [-0.2, -0.15) is 0 Å². The lowest BCUT2D eigenvalue weighted by Gasteiger charge is -2.13. The number of rotatable bonds is 4. The van der Waals surface area contributed by atoms with Gasteiger partial charge < -0.3 is 10.4 Å². The van der Waals surface area contributed by atoms with Crippen molar-refractivity contribution in [2.45, 2.75) is 19.4 Å². The van der Waals surface area contributed by atoms with Crippen molar-refractivity contribution in [3.63, 3.8) is 0 Å². The maximum atomic E-state index is 9.77. The molecule has 2 aromatic rings. The first kappa shape index (κ1) is 12.4. The van der Waals surface area contributed by atoms with Gasteiger partial charge in [0, 0.05) is 17.6 Å². The molecule has 1 heterocycles. The van der Waals surface area contributed by atoms with Crippen molar-refractivity contribution in [3.05, 3.63) is 36.0 Å². The normalized spacial score (nSPS) is 12.2. The van der Waals surface area contributed by atoms with Gasteiger partial charge in [-0.05, 0) is 31.0 Å². The van der Waals surface area contributed by atoms with E-state index in [4.69, 9.17) is 6.42 Å². The molecule has 1 unspecified atom stereocenters. The summed E-state index contributed by atoms with van der Waals surface area (Å²) in [4.78, 5) is 4.21. The Kier molecular flexibility index (Phi) is 3.81. The summed E-state index contributed by atoms with van der Waals surface area (Å²) < 4.78 is 0. The molecule has 1 aromatic carbocycles. The smallest absolute Gasteiger partial charge is 0.141 e. The first-order chi connectivity index (χ1) is 8.72. The maximum Gasteiger partial charge on any atom is 0.141 e. The van der Waals surface area contributed by atoms with Crippen LogP contribution in [0.15, 0.2) is 30.5 Å². The van der Waals surface area contributed by atoms with Crippen LogP contribution in [0.5, 0.6) is 5.75 Å². The Morgan fingerprint density at radius 1 is 1.44 bits per heavy atom. The second kappa shape index (κ2) is 5.52. The number of aromatic hydroxyl groups is 1. The molecule has 0 aliphatic carbocycles. The van der Waals surface area contributed by atoms with Crippen molar-refractivity contribution >= 4 is 10.9 Å². The van der Waals surface area contributed by atoms with E-state index in [1.54, 1.807) is 12.3 Å². The van der Waals surface area contributed by atoms with Gasteiger partial charge in [-0.3, -0.25) is 4.98 Å². The van der Waals surface area contributed by atoms with E-state index in [0.29, 0.717) is 12.1 Å². The highest BCUT2D eigenvalue weighted by molar-refractivity contribution is 5.87. The monoisotopic (exact) mass is 240 g/mol. The molecule has 0 spiro atoms. The van der Waals surface area contributed by atoms with Crippen LogP contribution in [0.3, 0.4) is 0 Å². The van der Waals surface area contributed by atoms with Crippen molar-refractivity contribution in [1.29, 1.82) is 0 Å². The Labute approximate surface area is 107 Å². The summed E-state index contributed by atoms with van der Waals surface area (Å²) in [5.74, 6) is 2.79. The van der Waals surface area contributed by atoms with E-state index in [9.17, 15) is 5.11 Å². The largest absolute Gasteiger partial charge is 0.506 e. The topological polar surface area (TPSA) is 45.1 Å². The summed E-state index contributed by atoms with van der Waals surface area (Å²) in [6.45, 7) is 2.65. The van der Waals surface area contributed by atoms with Crippen molar-refractivity contribution in [3.8, 4) is 18.1 Å². The van der Waals surface area contributed by atoms with Gasteiger partial charge >= 0.3 is 0 Å². The number of nitrogens with zero attached hydrogens (tertiary/aromatic N) is 1. The molecule has 0 radical (unpaired) electrons. The lowest BCUT2D eigenvalue weighted by molar-refractivity contribution is 0.480. The van der Waals surface area contributed by atoms with Crippen molar-refractivity contribution in [2.24, 2.45) is 0 Å². The van der Waals surface area contributed by atoms with Gasteiger partial charge in [0.25, 0.3) is 0 Å². The maximum absolute atomic E-state index is 9.77. The van der Waals surface area contributed by atoms with Gasteiger partial charge in [0.15, 0.2) is 0 Å². The molecule has 0 saturated carbocycles. The molecular weight excluding hydrogens is 224 g/mol. The second-order valence-corrected chi connectivity index (χ2v) is 4.33. The lowest BCUT2D eigenvalue weighted by atomic mass is 10.0. The van der Waals surface area contributed by atoms with Crippen LogP contribution in [-0.2, 0) is 6.42 Å². The van der Waals surface area contributed by atoms with Crippen molar-refractivity contribution in [1.82, 2.24) is 10.3 Å². The number of benzene rings is 1. The quantitative estimate of drug-likeness (QED) is 0.804. The molecule has 0 amide bonds. The number of hydrogen-bond acceptors (Lipinski definition) is 3.